The normalized spacial score (nSPS) is 11.3. The SMILES string of the molecule is Cc1ccc2c(c1)c(-c1ccc(F)cc1)c(CC=O)n2C(C)C. The fourth-order valence-corrected chi connectivity index (χ4v) is 3.29. The molecule has 118 valence electrons. The Kier molecular flexibility index (Phi) is 4.03. The lowest BCUT2D eigenvalue weighted by Gasteiger charge is -2.14. The molecule has 0 aliphatic rings. The Balaban J connectivity index is 2.41. The minimum Gasteiger partial charge on any atom is -0.341 e. The molecular formula is C20H20FNO. The number of aryl methyl sites for hydroxylation is 1. The van der Waals surface area contributed by atoms with E-state index < -0.39 is 0 Å². The lowest BCUT2D eigenvalue weighted by Crippen LogP contribution is -2.06. The van der Waals surface area contributed by atoms with Crippen molar-refractivity contribution in [3.8, 4) is 11.1 Å². The molecule has 0 amide bonds. The maximum absolute atomic E-state index is 13.3. The molecule has 0 aliphatic heterocycles. The summed E-state index contributed by atoms with van der Waals surface area (Å²) in [5.74, 6) is -0.255. The Morgan fingerprint density at radius 2 is 1.83 bits per heavy atom. The van der Waals surface area contributed by atoms with E-state index in [1.165, 1.54) is 17.7 Å². The first kappa shape index (κ1) is 15.5. The molecule has 0 radical (unpaired) electrons. The van der Waals surface area contributed by atoms with Crippen molar-refractivity contribution in [2.45, 2.75) is 33.2 Å². The number of rotatable bonds is 4. The highest BCUT2D eigenvalue weighted by Gasteiger charge is 2.19. The van der Waals surface area contributed by atoms with E-state index in [-0.39, 0.29) is 11.9 Å². The Morgan fingerprint density at radius 3 is 2.43 bits per heavy atom. The molecule has 0 unspecified atom stereocenters. The van der Waals surface area contributed by atoms with Crippen LogP contribution in [0.15, 0.2) is 42.5 Å². The summed E-state index contributed by atoms with van der Waals surface area (Å²) in [6.45, 7) is 6.28. The number of aromatic nitrogens is 1. The van der Waals surface area contributed by atoms with E-state index >= 15 is 0 Å². The zero-order valence-electron chi connectivity index (χ0n) is 13.6. The Bertz CT molecular complexity index is 859. The number of benzene rings is 2. The number of aldehydes is 1. The quantitative estimate of drug-likeness (QED) is 0.616. The Morgan fingerprint density at radius 1 is 1.13 bits per heavy atom. The number of hydrogen-bond donors (Lipinski definition) is 0. The van der Waals surface area contributed by atoms with Gasteiger partial charge in [-0.25, -0.2) is 4.39 Å². The maximum Gasteiger partial charge on any atom is 0.125 e. The standard InChI is InChI=1S/C20H20FNO/c1-13(2)22-18-9-4-14(3)12-17(18)20(19(22)10-11-23)15-5-7-16(21)8-6-15/h4-9,11-13H,10H2,1-3H3. The molecule has 3 rings (SSSR count). The zero-order chi connectivity index (χ0) is 16.6. The predicted octanol–water partition coefficient (Wildman–Crippen LogP) is 5.08. The van der Waals surface area contributed by atoms with E-state index in [4.69, 9.17) is 0 Å². The summed E-state index contributed by atoms with van der Waals surface area (Å²) in [4.78, 5) is 11.3. The number of nitrogens with zero attached hydrogens (tertiary/aromatic N) is 1. The molecule has 0 atom stereocenters. The van der Waals surface area contributed by atoms with E-state index in [1.54, 1.807) is 12.1 Å². The number of halogens is 1. The van der Waals surface area contributed by atoms with Crippen LogP contribution in [0.4, 0.5) is 4.39 Å². The Labute approximate surface area is 135 Å². The summed E-state index contributed by atoms with van der Waals surface area (Å²) in [5.41, 5.74) is 5.24. The minimum absolute atomic E-state index is 0.240. The van der Waals surface area contributed by atoms with Gasteiger partial charge in [0.05, 0.1) is 0 Å². The van der Waals surface area contributed by atoms with Crippen molar-refractivity contribution in [2.75, 3.05) is 0 Å². The van der Waals surface area contributed by atoms with Crippen LogP contribution in [0.1, 0.15) is 31.1 Å². The molecule has 0 aliphatic carbocycles. The van der Waals surface area contributed by atoms with Gasteiger partial charge in [0.15, 0.2) is 0 Å². The van der Waals surface area contributed by atoms with Crippen molar-refractivity contribution >= 4 is 17.2 Å². The second-order valence-electron chi connectivity index (χ2n) is 6.18. The van der Waals surface area contributed by atoms with Gasteiger partial charge in [0.2, 0.25) is 0 Å². The van der Waals surface area contributed by atoms with Crippen LogP contribution in [0.25, 0.3) is 22.0 Å². The van der Waals surface area contributed by atoms with Crippen LogP contribution in [0.3, 0.4) is 0 Å². The molecule has 1 heterocycles. The van der Waals surface area contributed by atoms with Crippen molar-refractivity contribution in [1.82, 2.24) is 4.57 Å². The van der Waals surface area contributed by atoms with Gasteiger partial charge in [-0.15, -0.1) is 0 Å². The van der Waals surface area contributed by atoms with Crippen LogP contribution in [-0.4, -0.2) is 10.9 Å². The molecule has 0 bridgehead atoms. The number of carbonyl (C=O) groups is 1. The number of hydrogen-bond acceptors (Lipinski definition) is 1. The topological polar surface area (TPSA) is 22.0 Å². The molecule has 0 saturated heterocycles. The van der Waals surface area contributed by atoms with E-state index in [2.05, 4.69) is 43.5 Å². The van der Waals surface area contributed by atoms with Crippen LogP contribution in [0.5, 0.6) is 0 Å². The van der Waals surface area contributed by atoms with Gasteiger partial charge in [-0.3, -0.25) is 0 Å². The predicted molar refractivity (Wildman–Crippen MR) is 92.2 cm³/mol. The average Bonchev–Trinajstić information content (AvgIpc) is 2.82. The van der Waals surface area contributed by atoms with Crippen molar-refractivity contribution in [3.63, 3.8) is 0 Å². The highest BCUT2D eigenvalue weighted by atomic mass is 19.1. The van der Waals surface area contributed by atoms with Gasteiger partial charge in [0.25, 0.3) is 0 Å². The van der Waals surface area contributed by atoms with Crippen molar-refractivity contribution < 1.29 is 9.18 Å². The van der Waals surface area contributed by atoms with Gasteiger partial charge >= 0.3 is 0 Å². The second kappa shape index (κ2) is 5.99. The molecule has 2 nitrogen and oxygen atoms in total. The van der Waals surface area contributed by atoms with E-state index in [0.29, 0.717) is 6.42 Å². The first-order chi connectivity index (χ1) is 11.0. The smallest absolute Gasteiger partial charge is 0.125 e. The molecule has 2 aromatic carbocycles. The molecule has 0 saturated carbocycles. The third kappa shape index (κ3) is 2.67. The lowest BCUT2D eigenvalue weighted by molar-refractivity contribution is -0.107. The summed E-state index contributed by atoms with van der Waals surface area (Å²) in [6, 6.07) is 13.1. The van der Waals surface area contributed by atoms with Gasteiger partial charge < -0.3 is 9.36 Å². The van der Waals surface area contributed by atoms with Crippen molar-refractivity contribution in [2.24, 2.45) is 0 Å². The van der Waals surface area contributed by atoms with Gasteiger partial charge in [0.1, 0.15) is 12.1 Å². The zero-order valence-corrected chi connectivity index (χ0v) is 13.6. The van der Waals surface area contributed by atoms with Crippen LogP contribution in [0, 0.1) is 12.7 Å². The fraction of sp³-hybridized carbons (Fsp3) is 0.250. The molecule has 3 aromatic rings. The molecule has 0 spiro atoms. The van der Waals surface area contributed by atoms with Gasteiger partial charge in [-0.2, -0.15) is 0 Å². The number of carbonyl (C=O) groups excluding carboxylic acids is 1. The summed E-state index contributed by atoms with van der Waals surface area (Å²) < 4.78 is 15.5. The molecular weight excluding hydrogens is 289 g/mol. The first-order valence-corrected chi connectivity index (χ1v) is 7.86. The minimum atomic E-state index is -0.255. The average molecular weight is 309 g/mol. The fourth-order valence-electron chi connectivity index (χ4n) is 3.29. The Hall–Kier alpha value is -2.42. The lowest BCUT2D eigenvalue weighted by atomic mass is 10.00. The van der Waals surface area contributed by atoms with E-state index in [0.717, 1.165) is 34.0 Å². The van der Waals surface area contributed by atoms with Crippen molar-refractivity contribution in [1.29, 1.82) is 0 Å². The highest BCUT2D eigenvalue weighted by Crippen LogP contribution is 2.37. The third-order valence-electron chi connectivity index (χ3n) is 4.19. The van der Waals surface area contributed by atoms with Crippen LogP contribution >= 0.6 is 0 Å². The van der Waals surface area contributed by atoms with Crippen LogP contribution in [-0.2, 0) is 11.2 Å². The summed E-state index contributed by atoms with van der Waals surface area (Å²) in [6.07, 6.45) is 1.28. The van der Waals surface area contributed by atoms with Gasteiger partial charge in [0, 0.05) is 34.6 Å². The van der Waals surface area contributed by atoms with Crippen molar-refractivity contribution in [3.05, 3.63) is 59.5 Å². The van der Waals surface area contributed by atoms with E-state index in [9.17, 15) is 9.18 Å². The summed E-state index contributed by atoms with van der Waals surface area (Å²) in [5, 5.41) is 1.11. The summed E-state index contributed by atoms with van der Waals surface area (Å²) in [7, 11) is 0. The van der Waals surface area contributed by atoms with Crippen LogP contribution in [0.2, 0.25) is 0 Å². The first-order valence-electron chi connectivity index (χ1n) is 7.86. The highest BCUT2D eigenvalue weighted by molar-refractivity contribution is 5.99. The van der Waals surface area contributed by atoms with Crippen LogP contribution < -0.4 is 0 Å². The monoisotopic (exact) mass is 309 g/mol. The maximum atomic E-state index is 13.3. The van der Waals surface area contributed by atoms with E-state index in [1.807, 2.05) is 0 Å². The molecule has 23 heavy (non-hydrogen) atoms. The molecule has 0 fully saturated rings. The molecule has 0 N–H and O–H groups in total. The summed E-state index contributed by atoms with van der Waals surface area (Å²) >= 11 is 0. The largest absolute Gasteiger partial charge is 0.341 e. The second-order valence-corrected chi connectivity index (χ2v) is 6.18. The van der Waals surface area contributed by atoms with Gasteiger partial charge in [-0.1, -0.05) is 23.8 Å². The molecule has 1 aromatic heterocycles. The van der Waals surface area contributed by atoms with Gasteiger partial charge in [-0.05, 0) is 50.6 Å². The molecule has 3 heteroatoms. The third-order valence-corrected chi connectivity index (χ3v) is 4.19. The number of fused-ring (bicyclic) bond motifs is 1.